The number of hydrogen-bond donors (Lipinski definition) is 1. The van der Waals surface area contributed by atoms with Crippen LogP contribution < -0.4 is 14.8 Å². The van der Waals surface area contributed by atoms with Crippen LogP contribution in [0.15, 0.2) is 48.7 Å². The second kappa shape index (κ2) is 8.32. The largest absolute Gasteiger partial charge is 0.490 e. The predicted molar refractivity (Wildman–Crippen MR) is 98.0 cm³/mol. The maximum atomic E-state index is 12.5. The van der Waals surface area contributed by atoms with Crippen molar-refractivity contribution in [1.82, 2.24) is 4.98 Å². The maximum absolute atomic E-state index is 12.5. The Morgan fingerprint density at radius 1 is 1.19 bits per heavy atom. The van der Waals surface area contributed by atoms with Gasteiger partial charge < -0.3 is 14.8 Å². The van der Waals surface area contributed by atoms with E-state index < -0.39 is 6.61 Å². The molecule has 0 amide bonds. The molecule has 0 atom stereocenters. The molecular formula is C20H17F2N3O2. The van der Waals surface area contributed by atoms with Crippen LogP contribution in [0.1, 0.15) is 18.1 Å². The van der Waals surface area contributed by atoms with Crippen LogP contribution in [0.25, 0.3) is 10.9 Å². The van der Waals surface area contributed by atoms with Gasteiger partial charge in [0.25, 0.3) is 0 Å². The molecule has 1 N–H and O–H groups in total. The Morgan fingerprint density at radius 2 is 2.00 bits per heavy atom. The third kappa shape index (κ3) is 4.23. The Labute approximate surface area is 155 Å². The molecule has 1 aromatic heterocycles. The molecule has 27 heavy (non-hydrogen) atoms. The maximum Gasteiger partial charge on any atom is 0.387 e. The summed E-state index contributed by atoms with van der Waals surface area (Å²) in [5.41, 5.74) is 2.67. The summed E-state index contributed by atoms with van der Waals surface area (Å²) in [6, 6.07) is 14.4. The Kier molecular flexibility index (Phi) is 5.67. The lowest BCUT2D eigenvalue weighted by Gasteiger charge is -2.14. The van der Waals surface area contributed by atoms with Gasteiger partial charge in [-0.25, -0.2) is 0 Å². The number of para-hydroxylation sites is 1. The second-order valence-corrected chi connectivity index (χ2v) is 5.62. The van der Waals surface area contributed by atoms with Crippen molar-refractivity contribution in [1.29, 1.82) is 5.26 Å². The van der Waals surface area contributed by atoms with Crippen LogP contribution in [0, 0.1) is 11.3 Å². The van der Waals surface area contributed by atoms with E-state index in [0.717, 1.165) is 16.5 Å². The fourth-order valence-corrected chi connectivity index (χ4v) is 2.73. The summed E-state index contributed by atoms with van der Waals surface area (Å²) in [5.74, 6) is 0.236. The number of rotatable bonds is 7. The summed E-state index contributed by atoms with van der Waals surface area (Å²) in [7, 11) is 0. The Hall–Kier alpha value is -3.40. The first-order chi connectivity index (χ1) is 13.1. The van der Waals surface area contributed by atoms with E-state index in [0.29, 0.717) is 24.4 Å². The topological polar surface area (TPSA) is 67.2 Å². The van der Waals surface area contributed by atoms with E-state index in [-0.39, 0.29) is 11.5 Å². The van der Waals surface area contributed by atoms with Gasteiger partial charge in [-0.2, -0.15) is 14.0 Å². The molecule has 5 nitrogen and oxygen atoms in total. The third-order valence-corrected chi connectivity index (χ3v) is 3.89. The van der Waals surface area contributed by atoms with Gasteiger partial charge in [0.15, 0.2) is 11.5 Å². The molecule has 2 aromatic carbocycles. The van der Waals surface area contributed by atoms with E-state index in [1.165, 1.54) is 12.3 Å². The van der Waals surface area contributed by atoms with Crippen molar-refractivity contribution in [2.45, 2.75) is 20.1 Å². The van der Waals surface area contributed by atoms with Gasteiger partial charge in [-0.3, -0.25) is 4.98 Å². The smallest absolute Gasteiger partial charge is 0.387 e. The monoisotopic (exact) mass is 369 g/mol. The number of hydrogen-bond acceptors (Lipinski definition) is 5. The molecule has 3 rings (SSSR count). The quantitative estimate of drug-likeness (QED) is 0.653. The number of pyridine rings is 1. The fourth-order valence-electron chi connectivity index (χ4n) is 2.73. The van der Waals surface area contributed by atoms with E-state index in [4.69, 9.17) is 4.74 Å². The van der Waals surface area contributed by atoms with E-state index in [9.17, 15) is 14.0 Å². The first kappa shape index (κ1) is 18.4. The molecule has 0 spiro atoms. The molecule has 0 saturated carbocycles. The van der Waals surface area contributed by atoms with Crippen molar-refractivity contribution in [2.24, 2.45) is 0 Å². The summed E-state index contributed by atoms with van der Waals surface area (Å²) in [4.78, 5) is 4.28. The summed E-state index contributed by atoms with van der Waals surface area (Å²) in [6.45, 7) is -0.462. The lowest BCUT2D eigenvalue weighted by molar-refractivity contribution is -0.0514. The zero-order valence-corrected chi connectivity index (χ0v) is 14.6. The highest BCUT2D eigenvalue weighted by molar-refractivity contribution is 5.93. The Bertz CT molecular complexity index is 987. The number of halogens is 2. The van der Waals surface area contributed by atoms with Gasteiger partial charge in [-0.05, 0) is 30.7 Å². The van der Waals surface area contributed by atoms with Crippen molar-refractivity contribution in [3.63, 3.8) is 0 Å². The summed E-state index contributed by atoms with van der Waals surface area (Å²) >= 11 is 0. The molecule has 0 unspecified atom stereocenters. The molecule has 0 aliphatic heterocycles. The van der Waals surface area contributed by atoms with Crippen LogP contribution in [0.4, 0.5) is 14.5 Å². The minimum Gasteiger partial charge on any atom is -0.490 e. The third-order valence-electron chi connectivity index (χ3n) is 3.89. The number of nitrogens with one attached hydrogen (secondary N) is 1. The first-order valence-electron chi connectivity index (χ1n) is 8.34. The number of aromatic nitrogens is 1. The molecular weight excluding hydrogens is 352 g/mol. The van der Waals surface area contributed by atoms with Crippen molar-refractivity contribution >= 4 is 16.6 Å². The predicted octanol–water partition coefficient (Wildman–Crippen LogP) is 4.72. The average Bonchev–Trinajstić information content (AvgIpc) is 2.67. The number of benzene rings is 2. The number of alkyl halides is 2. The highest BCUT2D eigenvalue weighted by atomic mass is 19.3. The minimum absolute atomic E-state index is 0.0114. The molecule has 138 valence electrons. The van der Waals surface area contributed by atoms with Crippen LogP contribution >= 0.6 is 0 Å². The first-order valence-corrected chi connectivity index (χ1v) is 8.34. The van der Waals surface area contributed by atoms with Crippen molar-refractivity contribution < 1.29 is 18.3 Å². The molecule has 7 heteroatoms. The van der Waals surface area contributed by atoms with Crippen molar-refractivity contribution in [3.05, 3.63) is 59.8 Å². The highest BCUT2D eigenvalue weighted by Crippen LogP contribution is 2.31. The van der Waals surface area contributed by atoms with E-state index in [2.05, 4.69) is 21.1 Å². The van der Waals surface area contributed by atoms with Crippen molar-refractivity contribution in [2.75, 3.05) is 11.9 Å². The van der Waals surface area contributed by atoms with Gasteiger partial charge in [-0.1, -0.05) is 24.3 Å². The van der Waals surface area contributed by atoms with Crippen LogP contribution in [-0.2, 0) is 6.54 Å². The van der Waals surface area contributed by atoms with Crippen LogP contribution in [0.3, 0.4) is 0 Å². The van der Waals surface area contributed by atoms with Crippen molar-refractivity contribution in [3.8, 4) is 17.6 Å². The molecule has 0 aliphatic rings. The molecule has 3 aromatic rings. The summed E-state index contributed by atoms with van der Waals surface area (Å²) in [6.07, 6.45) is 1.52. The minimum atomic E-state index is -2.92. The number of nitrogens with zero attached hydrogens (tertiary/aromatic N) is 2. The standard InChI is InChI=1S/C20H17F2N3O2/c1-2-26-18-9-13(7-8-17(18)27-20(21)22)11-25-19-14(10-23)12-24-16-6-4-3-5-15(16)19/h3-9,12,20H,2,11H2,1H3,(H,24,25). The highest BCUT2D eigenvalue weighted by Gasteiger charge is 2.13. The number of fused-ring (bicyclic) bond motifs is 1. The van der Waals surface area contributed by atoms with Crippen LogP contribution in [0.5, 0.6) is 11.5 Å². The number of nitriles is 1. The fraction of sp³-hybridized carbons (Fsp3) is 0.200. The average molecular weight is 369 g/mol. The van der Waals surface area contributed by atoms with Gasteiger partial charge in [0.1, 0.15) is 6.07 Å². The Morgan fingerprint density at radius 3 is 2.74 bits per heavy atom. The summed E-state index contributed by atoms with van der Waals surface area (Å²) in [5, 5.41) is 13.5. The van der Waals surface area contributed by atoms with Crippen LogP contribution in [-0.4, -0.2) is 18.2 Å². The van der Waals surface area contributed by atoms with Gasteiger partial charge in [0.2, 0.25) is 0 Å². The summed E-state index contributed by atoms with van der Waals surface area (Å²) < 4.78 is 34.9. The molecule has 0 fully saturated rings. The van der Waals surface area contributed by atoms with E-state index in [1.807, 2.05) is 24.3 Å². The number of ether oxygens (including phenoxy) is 2. The molecule has 0 radical (unpaired) electrons. The molecule has 0 bridgehead atoms. The second-order valence-electron chi connectivity index (χ2n) is 5.62. The van der Waals surface area contributed by atoms with E-state index in [1.54, 1.807) is 19.1 Å². The molecule has 0 saturated heterocycles. The lowest BCUT2D eigenvalue weighted by atomic mass is 10.1. The Balaban J connectivity index is 1.88. The van der Waals surface area contributed by atoms with Gasteiger partial charge in [0.05, 0.1) is 23.4 Å². The number of anilines is 1. The van der Waals surface area contributed by atoms with Gasteiger partial charge >= 0.3 is 6.61 Å². The zero-order chi connectivity index (χ0) is 19.2. The molecule has 1 heterocycles. The normalized spacial score (nSPS) is 10.6. The SMILES string of the molecule is CCOc1cc(CNc2c(C#N)cnc3ccccc23)ccc1OC(F)F. The van der Waals surface area contributed by atoms with E-state index >= 15 is 0 Å². The molecule has 0 aliphatic carbocycles. The zero-order valence-electron chi connectivity index (χ0n) is 14.6. The van der Waals surface area contributed by atoms with Gasteiger partial charge in [0, 0.05) is 18.1 Å². The van der Waals surface area contributed by atoms with Crippen LogP contribution in [0.2, 0.25) is 0 Å². The lowest BCUT2D eigenvalue weighted by Crippen LogP contribution is -2.06. The van der Waals surface area contributed by atoms with Gasteiger partial charge in [-0.15, -0.1) is 0 Å².